The van der Waals surface area contributed by atoms with Crippen LogP contribution in [-0.4, -0.2) is 60.6 Å². The van der Waals surface area contributed by atoms with Crippen LogP contribution in [0.5, 0.6) is 23.0 Å². The molecule has 2 heterocycles. The van der Waals surface area contributed by atoms with Crippen molar-refractivity contribution in [1.29, 1.82) is 0 Å². The van der Waals surface area contributed by atoms with Gasteiger partial charge in [-0.3, -0.25) is 4.79 Å². The molecule has 0 unspecified atom stereocenters. The van der Waals surface area contributed by atoms with Crippen LogP contribution in [0.15, 0.2) is 36.4 Å². The topological polar surface area (TPSA) is 90.9 Å². The molecule has 200 valence electrons. The minimum absolute atomic E-state index is 0.0818. The van der Waals surface area contributed by atoms with Gasteiger partial charge >= 0.3 is 0 Å². The number of rotatable bonds is 6. The van der Waals surface area contributed by atoms with Gasteiger partial charge in [-0.2, -0.15) is 0 Å². The van der Waals surface area contributed by atoms with Gasteiger partial charge in [0.2, 0.25) is 0 Å². The summed E-state index contributed by atoms with van der Waals surface area (Å²) >= 11 is 0. The van der Waals surface area contributed by atoms with Crippen LogP contribution in [0.3, 0.4) is 0 Å². The molecule has 9 nitrogen and oxygen atoms in total. The van der Waals surface area contributed by atoms with Gasteiger partial charge in [0.05, 0.1) is 76.8 Å². The second-order valence-corrected chi connectivity index (χ2v) is 9.87. The van der Waals surface area contributed by atoms with Crippen LogP contribution in [0.4, 0.5) is 0 Å². The summed E-state index contributed by atoms with van der Waals surface area (Å²) in [7, 11) is 6.40. The van der Waals surface area contributed by atoms with Crippen molar-refractivity contribution < 1.29 is 42.7 Å². The van der Waals surface area contributed by atoms with Crippen molar-refractivity contribution in [2.24, 2.45) is 10.8 Å². The van der Waals surface area contributed by atoms with E-state index >= 15 is 0 Å². The van der Waals surface area contributed by atoms with Gasteiger partial charge in [-0.05, 0) is 49.2 Å². The number of methoxy groups -OCH3 is 4. The normalized spacial score (nSPS) is 29.8. The van der Waals surface area contributed by atoms with Gasteiger partial charge < -0.3 is 37.9 Å². The number of benzene rings is 2. The molecule has 3 fully saturated rings. The lowest BCUT2D eigenvalue weighted by Gasteiger charge is -2.50. The van der Waals surface area contributed by atoms with E-state index in [0.717, 1.165) is 17.5 Å². The van der Waals surface area contributed by atoms with E-state index in [-0.39, 0.29) is 32.2 Å². The molecule has 0 bridgehead atoms. The first-order chi connectivity index (χ1) is 18.0. The standard InChI is InChI=1S/C28H34O9/c1-30-18-6-8-22(32-3)20(12-18)24-34-14-27(15-35-24)10-5-11-28(26(27)29)16-36-25(37-17-28)21-13-19(31-2)7-9-23(21)33-4/h6-9,12-13,24-25H,5,10-11,14-17H2,1-4H3. The zero-order chi connectivity index (χ0) is 26.0. The number of ketones is 1. The second-order valence-electron chi connectivity index (χ2n) is 9.87. The Morgan fingerprint density at radius 2 is 1.05 bits per heavy atom. The number of carbonyl (C=O) groups is 1. The molecule has 0 atom stereocenters. The SMILES string of the molecule is COc1ccc(OC)c(C2OCC3(CCCC4(COC(c5cc(OC)ccc5OC)OC4)C3=O)CO2)c1. The maximum Gasteiger partial charge on any atom is 0.187 e. The largest absolute Gasteiger partial charge is 0.497 e. The Hall–Kier alpha value is -2.85. The Kier molecular flexibility index (Phi) is 7.31. The van der Waals surface area contributed by atoms with Crippen LogP contribution in [0.1, 0.15) is 43.0 Å². The van der Waals surface area contributed by atoms with Crippen LogP contribution >= 0.6 is 0 Å². The highest BCUT2D eigenvalue weighted by Gasteiger charge is 2.57. The van der Waals surface area contributed by atoms with Crippen LogP contribution in [0.25, 0.3) is 0 Å². The van der Waals surface area contributed by atoms with Gasteiger partial charge in [-0.1, -0.05) is 6.42 Å². The highest BCUT2D eigenvalue weighted by Crippen LogP contribution is 2.50. The smallest absolute Gasteiger partial charge is 0.187 e. The van der Waals surface area contributed by atoms with E-state index < -0.39 is 23.4 Å². The molecule has 0 N–H and O–H groups in total. The molecule has 2 spiro atoms. The van der Waals surface area contributed by atoms with Crippen molar-refractivity contribution in [1.82, 2.24) is 0 Å². The molecule has 3 aliphatic rings. The molecule has 5 rings (SSSR count). The van der Waals surface area contributed by atoms with Crippen LogP contribution in [-0.2, 0) is 23.7 Å². The average Bonchev–Trinajstić information content (AvgIpc) is 2.96. The minimum Gasteiger partial charge on any atom is -0.497 e. The fraction of sp³-hybridized carbons (Fsp3) is 0.536. The molecule has 37 heavy (non-hydrogen) atoms. The number of hydrogen-bond acceptors (Lipinski definition) is 9. The van der Waals surface area contributed by atoms with Gasteiger partial charge in [-0.25, -0.2) is 0 Å². The zero-order valence-corrected chi connectivity index (χ0v) is 21.7. The van der Waals surface area contributed by atoms with Crippen LogP contribution in [0.2, 0.25) is 0 Å². The first kappa shape index (κ1) is 25.8. The molecule has 1 saturated carbocycles. The summed E-state index contributed by atoms with van der Waals surface area (Å²) in [6, 6.07) is 10.9. The molecular weight excluding hydrogens is 480 g/mol. The van der Waals surface area contributed by atoms with Gasteiger partial charge in [0.25, 0.3) is 0 Å². The summed E-state index contributed by atoms with van der Waals surface area (Å²) in [5, 5.41) is 0. The lowest BCUT2D eigenvalue weighted by atomic mass is 9.61. The number of ether oxygens (including phenoxy) is 8. The van der Waals surface area contributed by atoms with E-state index in [4.69, 9.17) is 37.9 Å². The molecule has 2 aromatic carbocycles. The lowest BCUT2D eigenvalue weighted by Crippen LogP contribution is -2.58. The Bertz CT molecular complexity index is 1030. The van der Waals surface area contributed by atoms with E-state index in [1.165, 1.54) is 0 Å². The molecule has 9 heteroatoms. The monoisotopic (exact) mass is 514 g/mol. The maximum absolute atomic E-state index is 14.0. The highest BCUT2D eigenvalue weighted by molar-refractivity contribution is 5.92. The Balaban J connectivity index is 1.29. The third-order valence-electron chi connectivity index (χ3n) is 7.70. The number of hydrogen-bond donors (Lipinski definition) is 0. The van der Waals surface area contributed by atoms with E-state index in [1.807, 2.05) is 36.4 Å². The fourth-order valence-corrected chi connectivity index (χ4v) is 5.63. The first-order valence-corrected chi connectivity index (χ1v) is 12.4. The molecule has 2 saturated heterocycles. The summed E-state index contributed by atoms with van der Waals surface area (Å²) in [5.41, 5.74) is -0.0227. The van der Waals surface area contributed by atoms with Gasteiger partial charge in [0.15, 0.2) is 18.4 Å². The predicted octanol–water partition coefficient (Wildman–Crippen LogP) is 4.24. The third kappa shape index (κ3) is 4.65. The van der Waals surface area contributed by atoms with Crippen molar-refractivity contribution in [2.45, 2.75) is 31.8 Å². The number of carbonyl (C=O) groups excluding carboxylic acids is 1. The predicted molar refractivity (Wildman–Crippen MR) is 132 cm³/mol. The minimum atomic E-state index is -0.742. The molecule has 1 aliphatic carbocycles. The maximum atomic E-state index is 14.0. The number of Topliss-reactive ketones (excluding diaryl/α,β-unsaturated/α-hetero) is 1. The first-order valence-electron chi connectivity index (χ1n) is 12.4. The summed E-state index contributed by atoms with van der Waals surface area (Å²) in [6.07, 6.45) is 0.951. The van der Waals surface area contributed by atoms with E-state index in [9.17, 15) is 4.79 Å². The van der Waals surface area contributed by atoms with E-state index in [2.05, 4.69) is 0 Å². The third-order valence-corrected chi connectivity index (χ3v) is 7.70. The molecular formula is C28H34O9. The Labute approximate surface area is 216 Å². The Morgan fingerprint density at radius 1 is 0.649 bits per heavy atom. The van der Waals surface area contributed by atoms with Crippen LogP contribution in [0, 0.1) is 10.8 Å². The quantitative estimate of drug-likeness (QED) is 0.561. The Morgan fingerprint density at radius 3 is 1.41 bits per heavy atom. The van der Waals surface area contributed by atoms with Crippen molar-refractivity contribution in [3.05, 3.63) is 47.5 Å². The van der Waals surface area contributed by atoms with E-state index in [0.29, 0.717) is 35.8 Å². The average molecular weight is 515 g/mol. The summed E-state index contributed by atoms with van der Waals surface area (Å²) < 4.78 is 46.3. The van der Waals surface area contributed by atoms with Gasteiger partial charge in [0, 0.05) is 0 Å². The molecule has 2 aromatic rings. The van der Waals surface area contributed by atoms with Gasteiger partial charge in [0.1, 0.15) is 23.0 Å². The van der Waals surface area contributed by atoms with Crippen molar-refractivity contribution in [2.75, 3.05) is 54.9 Å². The van der Waals surface area contributed by atoms with Crippen LogP contribution < -0.4 is 18.9 Å². The lowest BCUT2D eigenvalue weighted by molar-refractivity contribution is -0.262. The van der Waals surface area contributed by atoms with Gasteiger partial charge in [-0.15, -0.1) is 0 Å². The van der Waals surface area contributed by atoms with Crippen molar-refractivity contribution in [3.8, 4) is 23.0 Å². The molecule has 0 amide bonds. The van der Waals surface area contributed by atoms with E-state index in [1.54, 1.807) is 28.4 Å². The summed E-state index contributed by atoms with van der Waals surface area (Å²) in [5.74, 6) is 2.71. The summed E-state index contributed by atoms with van der Waals surface area (Å²) in [4.78, 5) is 14.0. The molecule has 0 radical (unpaired) electrons. The van der Waals surface area contributed by atoms with Crippen molar-refractivity contribution >= 4 is 5.78 Å². The fourth-order valence-electron chi connectivity index (χ4n) is 5.63. The molecule has 2 aliphatic heterocycles. The van der Waals surface area contributed by atoms with Crippen molar-refractivity contribution in [3.63, 3.8) is 0 Å². The second kappa shape index (κ2) is 10.5. The zero-order valence-electron chi connectivity index (χ0n) is 21.7. The highest BCUT2D eigenvalue weighted by atomic mass is 16.7. The molecule has 0 aromatic heterocycles. The summed E-state index contributed by atoms with van der Waals surface area (Å²) in [6.45, 7) is 1.02.